The van der Waals surface area contributed by atoms with Crippen molar-refractivity contribution in [2.24, 2.45) is 11.8 Å². The Hall–Kier alpha value is -0.370. The molecule has 1 fully saturated rings. The van der Waals surface area contributed by atoms with Gasteiger partial charge < -0.3 is 5.32 Å². The molecule has 1 saturated heterocycles. The number of carbonyl (C=O) groups excluding carboxylic acids is 1. The lowest BCUT2D eigenvalue weighted by Crippen LogP contribution is -2.34. The molecule has 2 nitrogen and oxygen atoms in total. The minimum Gasteiger partial charge on any atom is -0.316 e. The Bertz CT molecular complexity index is 171. The quantitative estimate of drug-likeness (QED) is 0.733. The van der Waals surface area contributed by atoms with Gasteiger partial charge in [-0.1, -0.05) is 20.3 Å². The number of rotatable bonds is 5. The van der Waals surface area contributed by atoms with E-state index in [4.69, 9.17) is 0 Å². The first-order valence-corrected chi connectivity index (χ1v) is 5.93. The molecule has 1 heterocycles. The summed E-state index contributed by atoms with van der Waals surface area (Å²) in [6.07, 6.45) is 5.33. The molecule has 1 N–H and O–H groups in total. The van der Waals surface area contributed by atoms with Crippen LogP contribution >= 0.6 is 0 Å². The number of hydrogen-bond acceptors (Lipinski definition) is 2. The van der Waals surface area contributed by atoms with E-state index in [0.717, 1.165) is 38.3 Å². The smallest absolute Gasteiger partial charge is 0.137 e. The summed E-state index contributed by atoms with van der Waals surface area (Å²) < 4.78 is 0. The molecule has 0 aromatic rings. The van der Waals surface area contributed by atoms with E-state index in [1.165, 1.54) is 12.8 Å². The molecule has 1 aliphatic heterocycles. The predicted octanol–water partition coefficient (Wildman–Crippen LogP) is 2.38. The van der Waals surface area contributed by atoms with Crippen LogP contribution in [0.4, 0.5) is 0 Å². The predicted molar refractivity (Wildman–Crippen MR) is 59.3 cm³/mol. The van der Waals surface area contributed by atoms with Gasteiger partial charge in [0.05, 0.1) is 0 Å². The van der Waals surface area contributed by atoms with Crippen molar-refractivity contribution in [3.8, 4) is 0 Å². The topological polar surface area (TPSA) is 29.1 Å². The summed E-state index contributed by atoms with van der Waals surface area (Å²) in [5.41, 5.74) is 0. The Morgan fingerprint density at radius 2 is 2.29 bits per heavy atom. The minimum absolute atomic E-state index is 0.316. The highest BCUT2D eigenvalue weighted by molar-refractivity contribution is 5.81. The molecule has 0 amide bonds. The van der Waals surface area contributed by atoms with E-state index in [0.29, 0.717) is 11.7 Å². The second-order valence-corrected chi connectivity index (χ2v) is 4.80. The number of carbonyl (C=O) groups is 1. The molecule has 0 bridgehead atoms. The Balaban J connectivity index is 2.13. The average molecular weight is 197 g/mol. The van der Waals surface area contributed by atoms with Gasteiger partial charge in [-0.2, -0.15) is 0 Å². The summed E-state index contributed by atoms with van der Waals surface area (Å²) in [6.45, 7) is 6.44. The molecule has 0 spiro atoms. The van der Waals surface area contributed by atoms with Gasteiger partial charge in [-0.05, 0) is 31.7 Å². The first-order valence-electron chi connectivity index (χ1n) is 5.93. The van der Waals surface area contributed by atoms with Gasteiger partial charge in [0.15, 0.2) is 0 Å². The Morgan fingerprint density at radius 1 is 1.50 bits per heavy atom. The summed E-state index contributed by atoms with van der Waals surface area (Å²) >= 11 is 0. The van der Waals surface area contributed by atoms with Crippen molar-refractivity contribution in [2.45, 2.75) is 46.0 Å². The number of piperidine rings is 1. The number of Topliss-reactive ketones (excluding diaryl/α,β-unsaturated/α-hetero) is 1. The molecule has 1 aliphatic rings. The van der Waals surface area contributed by atoms with E-state index in [-0.39, 0.29) is 0 Å². The zero-order valence-electron chi connectivity index (χ0n) is 9.51. The maximum atomic E-state index is 11.7. The van der Waals surface area contributed by atoms with E-state index in [9.17, 15) is 4.79 Å². The molecule has 2 heteroatoms. The van der Waals surface area contributed by atoms with E-state index >= 15 is 0 Å². The zero-order chi connectivity index (χ0) is 10.4. The third-order valence-electron chi connectivity index (χ3n) is 2.96. The second-order valence-electron chi connectivity index (χ2n) is 4.80. The lowest BCUT2D eigenvalue weighted by Gasteiger charge is -2.21. The zero-order valence-corrected chi connectivity index (χ0v) is 9.51. The van der Waals surface area contributed by atoms with Crippen LogP contribution in [0.25, 0.3) is 0 Å². The maximum Gasteiger partial charge on any atom is 0.137 e. The Morgan fingerprint density at radius 3 is 2.86 bits per heavy atom. The highest BCUT2D eigenvalue weighted by Gasteiger charge is 2.19. The van der Waals surface area contributed by atoms with Crippen LogP contribution in [0, 0.1) is 11.8 Å². The number of hydrogen-bond donors (Lipinski definition) is 1. The lowest BCUT2D eigenvalue weighted by atomic mass is 9.91. The van der Waals surface area contributed by atoms with Crippen molar-refractivity contribution in [2.75, 3.05) is 13.1 Å². The fourth-order valence-electron chi connectivity index (χ4n) is 2.02. The van der Waals surface area contributed by atoms with Crippen molar-refractivity contribution in [1.82, 2.24) is 5.32 Å². The van der Waals surface area contributed by atoms with E-state index in [1.54, 1.807) is 0 Å². The molecule has 14 heavy (non-hydrogen) atoms. The molecule has 0 aromatic carbocycles. The summed E-state index contributed by atoms with van der Waals surface area (Å²) in [6, 6.07) is 0. The van der Waals surface area contributed by atoms with Gasteiger partial charge in [0.1, 0.15) is 5.78 Å². The fraction of sp³-hybridized carbons (Fsp3) is 0.917. The summed E-state index contributed by atoms with van der Waals surface area (Å²) in [5, 5.41) is 3.29. The van der Waals surface area contributed by atoms with Crippen LogP contribution in [0.3, 0.4) is 0 Å². The van der Waals surface area contributed by atoms with Crippen LogP contribution in [0.15, 0.2) is 0 Å². The van der Waals surface area contributed by atoms with E-state index in [2.05, 4.69) is 19.2 Å². The Kier molecular flexibility index (Phi) is 5.16. The van der Waals surface area contributed by atoms with Gasteiger partial charge in [-0.25, -0.2) is 0 Å². The molecule has 1 unspecified atom stereocenters. The van der Waals surface area contributed by atoms with Crippen LogP contribution in [-0.2, 0) is 4.79 Å². The van der Waals surface area contributed by atoms with Crippen LogP contribution < -0.4 is 5.32 Å². The first-order chi connectivity index (χ1) is 6.70. The molecule has 82 valence electrons. The molecule has 0 aliphatic carbocycles. The average Bonchev–Trinajstić information content (AvgIpc) is 2.18. The molecular formula is C12H23NO. The maximum absolute atomic E-state index is 11.7. The third-order valence-corrected chi connectivity index (χ3v) is 2.96. The number of ketones is 1. The van der Waals surface area contributed by atoms with Gasteiger partial charge in [0.25, 0.3) is 0 Å². The molecule has 0 aromatic heterocycles. The van der Waals surface area contributed by atoms with Crippen molar-refractivity contribution >= 4 is 5.78 Å². The molecule has 0 radical (unpaired) electrons. The van der Waals surface area contributed by atoms with Gasteiger partial charge in [0, 0.05) is 18.9 Å². The van der Waals surface area contributed by atoms with Crippen LogP contribution in [0.5, 0.6) is 0 Å². The monoisotopic (exact) mass is 197 g/mol. The van der Waals surface area contributed by atoms with E-state index < -0.39 is 0 Å². The molecule has 1 atom stereocenters. The summed E-state index contributed by atoms with van der Waals surface area (Å²) in [7, 11) is 0. The van der Waals surface area contributed by atoms with Crippen LogP contribution in [0.1, 0.15) is 46.0 Å². The highest BCUT2D eigenvalue weighted by atomic mass is 16.1. The van der Waals surface area contributed by atoms with Gasteiger partial charge >= 0.3 is 0 Å². The standard InChI is InChI=1S/C12H23NO/c1-10(2)5-3-7-12(14)11-6-4-8-13-9-11/h10-11,13H,3-9H2,1-2H3. The molecular weight excluding hydrogens is 174 g/mol. The fourth-order valence-corrected chi connectivity index (χ4v) is 2.02. The van der Waals surface area contributed by atoms with Gasteiger partial charge in [0.2, 0.25) is 0 Å². The summed E-state index contributed by atoms with van der Waals surface area (Å²) in [4.78, 5) is 11.7. The van der Waals surface area contributed by atoms with Crippen molar-refractivity contribution < 1.29 is 4.79 Å². The third kappa shape index (κ3) is 4.23. The van der Waals surface area contributed by atoms with Crippen molar-refractivity contribution in [3.05, 3.63) is 0 Å². The normalized spacial score (nSPS) is 22.6. The molecule has 1 rings (SSSR count). The van der Waals surface area contributed by atoms with Crippen LogP contribution in [-0.4, -0.2) is 18.9 Å². The number of nitrogens with one attached hydrogen (secondary N) is 1. The first kappa shape index (κ1) is 11.7. The highest BCUT2D eigenvalue weighted by Crippen LogP contribution is 2.15. The molecule has 0 saturated carbocycles. The Labute approximate surface area is 87.5 Å². The van der Waals surface area contributed by atoms with Gasteiger partial charge in [-0.3, -0.25) is 4.79 Å². The summed E-state index contributed by atoms with van der Waals surface area (Å²) in [5.74, 6) is 1.53. The SMILES string of the molecule is CC(C)CCCC(=O)C1CCCNC1. The second kappa shape index (κ2) is 6.18. The van der Waals surface area contributed by atoms with Crippen LogP contribution in [0.2, 0.25) is 0 Å². The minimum atomic E-state index is 0.316. The van der Waals surface area contributed by atoms with Crippen molar-refractivity contribution in [3.63, 3.8) is 0 Å². The largest absolute Gasteiger partial charge is 0.316 e. The van der Waals surface area contributed by atoms with Gasteiger partial charge in [-0.15, -0.1) is 0 Å². The lowest BCUT2D eigenvalue weighted by molar-refractivity contribution is -0.123. The van der Waals surface area contributed by atoms with Crippen molar-refractivity contribution in [1.29, 1.82) is 0 Å². The van der Waals surface area contributed by atoms with E-state index in [1.807, 2.05) is 0 Å².